The Morgan fingerprint density at radius 3 is 2.10 bits per heavy atom. The van der Waals surface area contributed by atoms with Crippen molar-refractivity contribution in [1.29, 1.82) is 0 Å². The van der Waals surface area contributed by atoms with E-state index in [4.69, 9.17) is 0 Å². The summed E-state index contributed by atoms with van der Waals surface area (Å²) in [6.07, 6.45) is 4.25. The number of benzene rings is 1. The zero-order valence-electron chi connectivity index (χ0n) is 12.4. The van der Waals surface area contributed by atoms with Crippen molar-refractivity contribution in [3.63, 3.8) is 0 Å². The Hall–Kier alpha value is -0.0251. The van der Waals surface area contributed by atoms with Gasteiger partial charge in [-0.3, -0.25) is 0 Å². The second-order valence-corrected chi connectivity index (χ2v) is 6.65. The van der Waals surface area contributed by atoms with Gasteiger partial charge in [-0.25, -0.2) is 0 Å². The third-order valence-corrected chi connectivity index (χ3v) is 7.03. The van der Waals surface area contributed by atoms with Gasteiger partial charge in [0.05, 0.1) is 0 Å². The Balaban J connectivity index is 0.000000921. The average molecular weight is 791 g/mol. The second-order valence-electron chi connectivity index (χ2n) is 3.71. The predicted molar refractivity (Wildman–Crippen MR) is 82.0 cm³/mol. The van der Waals surface area contributed by atoms with E-state index >= 15 is 0 Å². The summed E-state index contributed by atoms with van der Waals surface area (Å²) in [6.45, 7) is 4.00. The quantitative estimate of drug-likeness (QED) is 0.473. The van der Waals surface area contributed by atoms with Crippen LogP contribution in [0.2, 0.25) is 0 Å². The van der Waals surface area contributed by atoms with Gasteiger partial charge in [0.2, 0.25) is 0 Å². The molecular formula is C16H19N2W3-. The van der Waals surface area contributed by atoms with Gasteiger partial charge in [-0.15, -0.1) is 0 Å². The maximum absolute atomic E-state index is 4.58. The summed E-state index contributed by atoms with van der Waals surface area (Å²) < 4.78 is 4.78. The molecule has 0 bridgehead atoms. The number of aryl methyl sites for hydroxylation is 1. The molecule has 0 aliphatic heterocycles. The van der Waals surface area contributed by atoms with Crippen LogP contribution in [0.3, 0.4) is 0 Å². The number of rotatable bonds is 4. The Morgan fingerprint density at radius 2 is 1.62 bits per heavy atom. The molecule has 0 spiro atoms. The fraction of sp³-hybridized carbons (Fsp3) is 0.188. The predicted octanol–water partition coefficient (Wildman–Crippen LogP) is 2.75. The molecule has 5 heteroatoms. The first-order valence-electron chi connectivity index (χ1n) is 6.43. The first-order valence-corrected chi connectivity index (χ1v) is 11.1. The first kappa shape index (κ1) is 21.0. The summed E-state index contributed by atoms with van der Waals surface area (Å²) in [4.78, 5) is 4.58. The number of hydrogen-bond acceptors (Lipinski definition) is 1. The van der Waals surface area contributed by atoms with Gasteiger partial charge < -0.3 is 0 Å². The molecule has 0 radical (unpaired) electrons. The van der Waals surface area contributed by atoms with E-state index in [0.717, 1.165) is 25.0 Å². The molecule has 112 valence electrons. The van der Waals surface area contributed by atoms with Gasteiger partial charge in [0.1, 0.15) is 0 Å². The molecule has 0 saturated heterocycles. The van der Waals surface area contributed by atoms with Crippen LogP contribution in [0.15, 0.2) is 48.8 Å². The SMILES string of the molecule is CC.Cn1ccc([C](=[W])[C](=[W])Nc2ccccc2)c1.[CH-]=[W]. The van der Waals surface area contributed by atoms with E-state index < -0.39 is 0 Å². The fourth-order valence-corrected chi connectivity index (χ4v) is 2.94. The Kier molecular flexibility index (Phi) is 12.5. The van der Waals surface area contributed by atoms with Crippen LogP contribution < -0.4 is 5.32 Å². The van der Waals surface area contributed by atoms with Gasteiger partial charge in [-0.05, 0) is 0 Å². The molecule has 0 saturated carbocycles. The van der Waals surface area contributed by atoms with Crippen molar-refractivity contribution < 1.29 is 58.1 Å². The Labute approximate surface area is 160 Å². The number of anilines is 1. The normalized spacial score (nSPS) is 8.52. The monoisotopic (exact) mass is 791 g/mol. The van der Waals surface area contributed by atoms with Gasteiger partial charge in [0.15, 0.2) is 0 Å². The van der Waals surface area contributed by atoms with E-state index in [-0.39, 0.29) is 0 Å². The molecule has 0 fully saturated rings. The molecule has 0 amide bonds. The average Bonchev–Trinajstić information content (AvgIpc) is 2.98. The molecule has 1 aromatic heterocycles. The van der Waals surface area contributed by atoms with Gasteiger partial charge >= 0.3 is 148 Å². The summed E-state index contributed by atoms with van der Waals surface area (Å²) in [5.41, 5.74) is 2.48. The number of hydrogen-bond donors (Lipinski definition) is 1. The van der Waals surface area contributed by atoms with Crippen LogP contribution in [-0.2, 0) is 65.1 Å². The number of aromatic nitrogens is 1. The van der Waals surface area contributed by atoms with Crippen LogP contribution in [-0.4, -0.2) is 17.4 Å². The Bertz CT molecular complexity index is 562. The van der Waals surface area contributed by atoms with Crippen molar-refractivity contribution in [1.82, 2.24) is 4.57 Å². The maximum atomic E-state index is 4.58. The van der Waals surface area contributed by atoms with E-state index in [1.807, 2.05) is 19.9 Å². The van der Waals surface area contributed by atoms with Crippen molar-refractivity contribution in [2.24, 2.45) is 7.05 Å². The van der Waals surface area contributed by atoms with Crippen LogP contribution in [0, 0.1) is 0 Å². The summed E-state index contributed by atoms with van der Waals surface area (Å²) in [6, 6.07) is 12.5. The summed E-state index contributed by atoms with van der Waals surface area (Å²) in [5.74, 6) is 0. The molecule has 2 aromatic rings. The van der Waals surface area contributed by atoms with E-state index in [1.54, 1.807) is 0 Å². The summed E-state index contributed by atoms with van der Waals surface area (Å²) >= 11 is 4.05. The minimum absolute atomic E-state index is 1.08. The van der Waals surface area contributed by atoms with Gasteiger partial charge in [-0.1, -0.05) is 13.8 Å². The summed E-state index contributed by atoms with van der Waals surface area (Å²) in [7, 11) is 2.05. The second kappa shape index (κ2) is 12.5. The van der Waals surface area contributed by atoms with E-state index in [2.05, 4.69) is 64.6 Å². The van der Waals surface area contributed by atoms with Crippen LogP contribution in [0.5, 0.6) is 0 Å². The molecule has 0 atom stereocenters. The molecule has 1 aromatic carbocycles. The molecule has 0 aliphatic rings. The first-order chi connectivity index (χ1) is 10.2. The third-order valence-electron chi connectivity index (χ3n) is 2.33. The fourth-order valence-electron chi connectivity index (χ4n) is 1.48. The molecular weight excluding hydrogens is 772 g/mol. The molecule has 21 heavy (non-hydrogen) atoms. The zero-order valence-corrected chi connectivity index (χ0v) is 21.2. The molecule has 0 unspecified atom stereocenters. The molecule has 2 nitrogen and oxygen atoms in total. The van der Waals surface area contributed by atoms with Crippen molar-refractivity contribution >= 4 is 18.5 Å². The third kappa shape index (κ3) is 7.69. The number of nitrogens with zero attached hydrogens (tertiary/aromatic N) is 1. The van der Waals surface area contributed by atoms with E-state index in [1.165, 1.54) is 52.2 Å². The van der Waals surface area contributed by atoms with Crippen LogP contribution in [0.25, 0.3) is 0 Å². The molecule has 1 heterocycles. The molecule has 2 rings (SSSR count). The van der Waals surface area contributed by atoms with Crippen molar-refractivity contribution in [2.75, 3.05) is 5.32 Å². The van der Waals surface area contributed by atoms with Crippen LogP contribution >= 0.6 is 0 Å². The standard InChI is InChI=1S/C13H12N2.C2H6.CH.3W/c1-15-10-8-12(11-15)7-9-14-13-5-3-2-4-6-13;1-2;;;;/h2-6,8,10-11,14H,1H3;1-2H3;1H;;;/q;;-1;;;. The topological polar surface area (TPSA) is 17.0 Å². The van der Waals surface area contributed by atoms with Crippen molar-refractivity contribution in [3.8, 4) is 0 Å². The Morgan fingerprint density at radius 1 is 1.05 bits per heavy atom. The van der Waals surface area contributed by atoms with E-state index in [9.17, 15) is 0 Å². The van der Waals surface area contributed by atoms with Crippen molar-refractivity contribution in [2.45, 2.75) is 13.8 Å². The van der Waals surface area contributed by atoms with Gasteiger partial charge in [0, 0.05) is 0 Å². The minimum atomic E-state index is 1.08. The van der Waals surface area contributed by atoms with Crippen LogP contribution in [0.4, 0.5) is 5.69 Å². The number of nitrogens with one attached hydrogen (secondary N) is 1. The zero-order chi connectivity index (χ0) is 16.3. The van der Waals surface area contributed by atoms with E-state index in [0.29, 0.717) is 0 Å². The van der Waals surface area contributed by atoms with Gasteiger partial charge in [0.25, 0.3) is 0 Å². The summed E-state index contributed by atoms with van der Waals surface area (Å²) in [5, 5.41) is 3.48. The van der Waals surface area contributed by atoms with Crippen LogP contribution in [0.1, 0.15) is 19.4 Å². The molecule has 0 aliphatic carbocycles. The number of para-hydroxylation sites is 1. The van der Waals surface area contributed by atoms with Gasteiger partial charge in [-0.2, -0.15) is 0 Å². The van der Waals surface area contributed by atoms with Crippen molar-refractivity contribution in [3.05, 3.63) is 54.4 Å². The molecule has 1 N–H and O–H groups in total.